The summed E-state index contributed by atoms with van der Waals surface area (Å²) in [4.78, 5) is 17.2. The fourth-order valence-electron chi connectivity index (χ4n) is 4.06. The van der Waals surface area contributed by atoms with Crippen molar-refractivity contribution in [2.45, 2.75) is 52.0 Å². The van der Waals surface area contributed by atoms with E-state index in [1.807, 2.05) is 6.33 Å². The summed E-state index contributed by atoms with van der Waals surface area (Å²) in [6.45, 7) is 4.31. The molecule has 0 aliphatic heterocycles. The quantitative estimate of drug-likeness (QED) is 0.802. The second-order valence-electron chi connectivity index (χ2n) is 7.55. The normalized spacial score (nSPS) is 23.0. The monoisotopic (exact) mass is 294 g/mol. The number of Topliss-reactive ketones (excluding diaryl/α,β-unsaturated/α-hetero) is 1. The number of hydrogen-bond donors (Lipinski definition) is 0. The minimum Gasteiger partial charge on any atom is -0.324 e. The van der Waals surface area contributed by atoms with Gasteiger partial charge in [0.2, 0.25) is 0 Å². The van der Waals surface area contributed by atoms with Gasteiger partial charge in [-0.1, -0.05) is 38.1 Å². The highest BCUT2D eigenvalue weighted by Gasteiger charge is 2.35. The maximum absolute atomic E-state index is 12.6. The number of carbonyl (C=O) groups excluding carboxylic acids is 1. The van der Waals surface area contributed by atoms with Gasteiger partial charge in [0.15, 0.2) is 5.78 Å². The molecule has 4 rings (SSSR count). The lowest BCUT2D eigenvalue weighted by Gasteiger charge is -2.31. The van der Waals surface area contributed by atoms with Crippen LogP contribution in [0.15, 0.2) is 30.6 Å². The van der Waals surface area contributed by atoms with E-state index >= 15 is 0 Å². The first kappa shape index (κ1) is 13.7. The van der Waals surface area contributed by atoms with Crippen LogP contribution in [0.5, 0.6) is 0 Å². The molecule has 2 aliphatic carbocycles. The molecule has 3 heteroatoms. The van der Waals surface area contributed by atoms with Crippen molar-refractivity contribution in [3.8, 4) is 0 Å². The summed E-state index contributed by atoms with van der Waals surface area (Å²) < 4.78 is 2.17. The van der Waals surface area contributed by atoms with E-state index in [2.05, 4.69) is 47.7 Å². The van der Waals surface area contributed by atoms with E-state index in [0.29, 0.717) is 12.5 Å². The highest BCUT2D eigenvalue weighted by atomic mass is 16.1. The van der Waals surface area contributed by atoms with Crippen LogP contribution in [0.3, 0.4) is 0 Å². The van der Waals surface area contributed by atoms with E-state index in [1.54, 1.807) is 0 Å². The van der Waals surface area contributed by atoms with Gasteiger partial charge in [-0.3, -0.25) is 4.79 Å². The maximum atomic E-state index is 12.6. The zero-order valence-electron chi connectivity index (χ0n) is 13.3. The summed E-state index contributed by atoms with van der Waals surface area (Å²) in [5, 5.41) is 0. The van der Waals surface area contributed by atoms with Crippen LogP contribution in [0.4, 0.5) is 0 Å². The van der Waals surface area contributed by atoms with Crippen molar-refractivity contribution in [2.24, 2.45) is 5.41 Å². The third kappa shape index (κ3) is 2.20. The number of carbonyl (C=O) groups is 1. The Balaban J connectivity index is 1.69. The van der Waals surface area contributed by atoms with Crippen LogP contribution in [-0.2, 0) is 19.3 Å². The van der Waals surface area contributed by atoms with Crippen LogP contribution >= 0.6 is 0 Å². The second-order valence-corrected chi connectivity index (χ2v) is 7.55. The molecule has 1 atom stereocenters. The van der Waals surface area contributed by atoms with E-state index < -0.39 is 0 Å². The topological polar surface area (TPSA) is 34.9 Å². The van der Waals surface area contributed by atoms with Gasteiger partial charge in [0, 0.05) is 12.5 Å². The number of imidazole rings is 1. The molecule has 0 spiro atoms. The molecule has 1 unspecified atom stereocenters. The average molecular weight is 294 g/mol. The molecule has 0 saturated carbocycles. The Morgan fingerprint density at radius 1 is 1.18 bits per heavy atom. The molecular formula is C19H22N2O. The van der Waals surface area contributed by atoms with Crippen molar-refractivity contribution >= 4 is 5.78 Å². The Morgan fingerprint density at radius 2 is 1.95 bits per heavy atom. The number of fused-ring (bicyclic) bond motifs is 2. The molecule has 0 amide bonds. The molecule has 1 aromatic carbocycles. The van der Waals surface area contributed by atoms with E-state index in [1.165, 1.54) is 11.1 Å². The van der Waals surface area contributed by atoms with Crippen LogP contribution in [0.2, 0.25) is 0 Å². The predicted molar refractivity (Wildman–Crippen MR) is 86.2 cm³/mol. The Kier molecular flexibility index (Phi) is 3.00. The minimum absolute atomic E-state index is 0.0441. The molecule has 0 N–H and O–H groups in total. The Morgan fingerprint density at radius 3 is 2.77 bits per heavy atom. The molecule has 0 bridgehead atoms. The molecule has 3 nitrogen and oxygen atoms in total. The number of aryl methyl sites for hydroxylation is 1. The summed E-state index contributed by atoms with van der Waals surface area (Å²) in [6, 6.07) is 9.04. The van der Waals surface area contributed by atoms with Gasteiger partial charge >= 0.3 is 0 Å². The molecule has 1 aromatic heterocycles. The van der Waals surface area contributed by atoms with Crippen LogP contribution in [-0.4, -0.2) is 15.3 Å². The standard InChI is InChI=1S/C19H22N2O/c1-19(2)10-16-18(17(22)11-19)21(12-20-16)15-8-7-13-5-3-4-6-14(13)9-15/h3-6,12,15H,7-11H2,1-2H3. The second kappa shape index (κ2) is 4.80. The summed E-state index contributed by atoms with van der Waals surface area (Å²) in [5.41, 5.74) is 4.80. The first-order valence-corrected chi connectivity index (χ1v) is 8.19. The number of aromatic nitrogens is 2. The Labute approximate surface area is 131 Å². The number of rotatable bonds is 1. The van der Waals surface area contributed by atoms with E-state index in [0.717, 1.165) is 37.1 Å². The van der Waals surface area contributed by atoms with Gasteiger partial charge in [0.25, 0.3) is 0 Å². The van der Waals surface area contributed by atoms with Gasteiger partial charge in [-0.25, -0.2) is 4.98 Å². The predicted octanol–water partition coefficient (Wildman–Crippen LogP) is 3.77. The fourth-order valence-corrected chi connectivity index (χ4v) is 4.06. The lowest BCUT2D eigenvalue weighted by atomic mass is 9.77. The Hall–Kier alpha value is -1.90. The zero-order chi connectivity index (χ0) is 15.3. The summed E-state index contributed by atoms with van der Waals surface area (Å²) >= 11 is 0. The molecule has 2 aromatic rings. The molecule has 1 heterocycles. The van der Waals surface area contributed by atoms with Gasteiger partial charge in [-0.2, -0.15) is 0 Å². The molecule has 0 radical (unpaired) electrons. The third-order valence-electron chi connectivity index (χ3n) is 5.13. The number of nitrogens with zero attached hydrogens (tertiary/aromatic N) is 2. The van der Waals surface area contributed by atoms with Gasteiger partial charge in [0.05, 0.1) is 12.0 Å². The number of benzene rings is 1. The molecule has 0 fully saturated rings. The van der Waals surface area contributed by atoms with Crippen LogP contribution < -0.4 is 0 Å². The third-order valence-corrected chi connectivity index (χ3v) is 5.13. The first-order chi connectivity index (χ1) is 10.5. The van der Waals surface area contributed by atoms with E-state index in [9.17, 15) is 4.79 Å². The van der Waals surface area contributed by atoms with E-state index in [4.69, 9.17) is 0 Å². The van der Waals surface area contributed by atoms with Crippen LogP contribution in [0.25, 0.3) is 0 Å². The highest BCUT2D eigenvalue weighted by molar-refractivity contribution is 5.97. The zero-order valence-corrected chi connectivity index (χ0v) is 13.3. The average Bonchev–Trinajstić information content (AvgIpc) is 2.89. The van der Waals surface area contributed by atoms with Crippen molar-refractivity contribution < 1.29 is 4.79 Å². The van der Waals surface area contributed by atoms with Crippen molar-refractivity contribution in [1.29, 1.82) is 0 Å². The van der Waals surface area contributed by atoms with Crippen molar-refractivity contribution in [2.75, 3.05) is 0 Å². The number of ketones is 1. The lowest BCUT2D eigenvalue weighted by Crippen LogP contribution is -2.30. The smallest absolute Gasteiger partial charge is 0.181 e. The Bertz CT molecular complexity index is 742. The summed E-state index contributed by atoms with van der Waals surface area (Å²) in [5.74, 6) is 0.266. The van der Waals surface area contributed by atoms with Crippen molar-refractivity contribution in [3.05, 3.63) is 53.1 Å². The molecule has 114 valence electrons. The number of hydrogen-bond acceptors (Lipinski definition) is 2. The molecular weight excluding hydrogens is 272 g/mol. The maximum Gasteiger partial charge on any atom is 0.181 e. The molecule has 22 heavy (non-hydrogen) atoms. The fraction of sp³-hybridized carbons (Fsp3) is 0.474. The minimum atomic E-state index is 0.0441. The van der Waals surface area contributed by atoms with Crippen molar-refractivity contribution in [1.82, 2.24) is 9.55 Å². The van der Waals surface area contributed by atoms with Gasteiger partial charge in [-0.15, -0.1) is 0 Å². The highest BCUT2D eigenvalue weighted by Crippen LogP contribution is 2.37. The van der Waals surface area contributed by atoms with Gasteiger partial charge in [-0.05, 0) is 42.2 Å². The van der Waals surface area contributed by atoms with Crippen LogP contribution in [0.1, 0.15) is 60.0 Å². The molecule has 2 aliphatic rings. The summed E-state index contributed by atoms with van der Waals surface area (Å²) in [6.07, 6.45) is 6.64. The van der Waals surface area contributed by atoms with Gasteiger partial charge < -0.3 is 4.57 Å². The SMILES string of the molecule is CC1(C)CC(=O)c2c(ncn2C2CCc3ccccc3C2)C1. The first-order valence-electron chi connectivity index (χ1n) is 8.19. The van der Waals surface area contributed by atoms with Crippen molar-refractivity contribution in [3.63, 3.8) is 0 Å². The molecule has 0 saturated heterocycles. The lowest BCUT2D eigenvalue weighted by molar-refractivity contribution is 0.0897. The van der Waals surface area contributed by atoms with E-state index in [-0.39, 0.29) is 11.2 Å². The van der Waals surface area contributed by atoms with Crippen LogP contribution in [0, 0.1) is 5.41 Å². The summed E-state index contributed by atoms with van der Waals surface area (Å²) in [7, 11) is 0. The van der Waals surface area contributed by atoms with Gasteiger partial charge in [0.1, 0.15) is 5.69 Å². The largest absolute Gasteiger partial charge is 0.324 e.